The van der Waals surface area contributed by atoms with Crippen molar-refractivity contribution in [1.29, 1.82) is 0 Å². The first kappa shape index (κ1) is 11.0. The average molecular weight is 192 g/mol. The van der Waals surface area contributed by atoms with Crippen molar-refractivity contribution < 1.29 is 0 Å². The third kappa shape index (κ3) is 6.44. The van der Waals surface area contributed by atoms with E-state index in [9.17, 15) is 0 Å². The first-order valence-corrected chi connectivity index (χ1v) is 5.44. The maximum Gasteiger partial charge on any atom is 0.166 e. The number of nitrogens with one attached hydrogen (secondary N) is 2. The molecular formula is C7H16N2S2. The standard InChI is InChI=1S/C7H16N2S2/c1-4-8-7(10)9-5-6(2)11-3/h6H,4-5H2,1-3H3,(H2,8,9,10). The van der Waals surface area contributed by atoms with Crippen molar-refractivity contribution in [2.24, 2.45) is 0 Å². The summed E-state index contributed by atoms with van der Waals surface area (Å²) in [4.78, 5) is 0. The molecule has 0 aromatic heterocycles. The van der Waals surface area contributed by atoms with E-state index >= 15 is 0 Å². The Morgan fingerprint density at radius 1 is 1.55 bits per heavy atom. The monoisotopic (exact) mass is 192 g/mol. The zero-order chi connectivity index (χ0) is 8.69. The molecule has 0 fully saturated rings. The van der Waals surface area contributed by atoms with Crippen LogP contribution < -0.4 is 10.6 Å². The van der Waals surface area contributed by atoms with Gasteiger partial charge in [-0.05, 0) is 25.4 Å². The van der Waals surface area contributed by atoms with E-state index in [1.54, 1.807) is 0 Å². The Kier molecular flexibility index (Phi) is 6.76. The van der Waals surface area contributed by atoms with Gasteiger partial charge in [0.2, 0.25) is 0 Å². The number of rotatable bonds is 4. The van der Waals surface area contributed by atoms with Crippen LogP contribution in [0.4, 0.5) is 0 Å². The molecule has 0 rings (SSSR count). The topological polar surface area (TPSA) is 24.1 Å². The lowest BCUT2D eigenvalue weighted by Gasteiger charge is -2.11. The van der Waals surface area contributed by atoms with Crippen LogP contribution in [0.15, 0.2) is 0 Å². The smallest absolute Gasteiger partial charge is 0.166 e. The molecule has 0 aromatic rings. The Morgan fingerprint density at radius 2 is 2.18 bits per heavy atom. The normalized spacial score (nSPS) is 12.3. The minimum absolute atomic E-state index is 0.617. The predicted octanol–water partition coefficient (Wildman–Crippen LogP) is 1.22. The molecule has 2 N–H and O–H groups in total. The first-order chi connectivity index (χ1) is 5.20. The van der Waals surface area contributed by atoms with Crippen molar-refractivity contribution in [3.63, 3.8) is 0 Å². The van der Waals surface area contributed by atoms with E-state index in [0.717, 1.165) is 18.2 Å². The largest absolute Gasteiger partial charge is 0.363 e. The van der Waals surface area contributed by atoms with Crippen molar-refractivity contribution in [3.05, 3.63) is 0 Å². The van der Waals surface area contributed by atoms with Crippen LogP contribution in [0.2, 0.25) is 0 Å². The zero-order valence-corrected chi connectivity index (χ0v) is 8.94. The Hall–Kier alpha value is 0.0400. The van der Waals surface area contributed by atoms with E-state index in [0.29, 0.717) is 5.25 Å². The highest BCUT2D eigenvalue weighted by molar-refractivity contribution is 7.99. The van der Waals surface area contributed by atoms with Gasteiger partial charge in [-0.15, -0.1) is 0 Å². The Morgan fingerprint density at radius 3 is 2.64 bits per heavy atom. The molecule has 0 aliphatic heterocycles. The molecule has 4 heteroatoms. The highest BCUT2D eigenvalue weighted by Gasteiger charge is 1.98. The number of hydrogen-bond acceptors (Lipinski definition) is 2. The zero-order valence-electron chi connectivity index (χ0n) is 7.31. The molecule has 0 aromatic carbocycles. The summed E-state index contributed by atoms with van der Waals surface area (Å²) in [6, 6.07) is 0. The minimum Gasteiger partial charge on any atom is -0.363 e. The summed E-state index contributed by atoms with van der Waals surface area (Å²) in [5.41, 5.74) is 0. The average Bonchev–Trinajstić information content (AvgIpc) is 2.01. The van der Waals surface area contributed by atoms with Crippen molar-refractivity contribution in [3.8, 4) is 0 Å². The number of hydrogen-bond donors (Lipinski definition) is 2. The molecule has 0 aliphatic rings. The van der Waals surface area contributed by atoms with Crippen LogP contribution in [-0.4, -0.2) is 29.7 Å². The van der Waals surface area contributed by atoms with Crippen molar-refractivity contribution in [1.82, 2.24) is 10.6 Å². The molecular weight excluding hydrogens is 176 g/mol. The quantitative estimate of drug-likeness (QED) is 0.654. The lowest BCUT2D eigenvalue weighted by molar-refractivity contribution is 0.824. The summed E-state index contributed by atoms with van der Waals surface area (Å²) in [6.07, 6.45) is 2.10. The summed E-state index contributed by atoms with van der Waals surface area (Å²) in [7, 11) is 0. The minimum atomic E-state index is 0.617. The van der Waals surface area contributed by atoms with Gasteiger partial charge in [0.25, 0.3) is 0 Å². The molecule has 0 saturated heterocycles. The molecule has 1 unspecified atom stereocenters. The van der Waals surface area contributed by atoms with Crippen molar-refractivity contribution in [2.45, 2.75) is 19.1 Å². The van der Waals surface area contributed by atoms with E-state index < -0.39 is 0 Å². The fraction of sp³-hybridized carbons (Fsp3) is 0.857. The first-order valence-electron chi connectivity index (χ1n) is 3.75. The molecule has 0 amide bonds. The van der Waals surface area contributed by atoms with Gasteiger partial charge in [-0.3, -0.25) is 0 Å². The molecule has 0 bridgehead atoms. The maximum absolute atomic E-state index is 4.99. The lowest BCUT2D eigenvalue weighted by atomic mass is 10.5. The second kappa shape index (κ2) is 6.73. The van der Waals surface area contributed by atoms with Gasteiger partial charge in [0, 0.05) is 18.3 Å². The fourth-order valence-electron chi connectivity index (χ4n) is 0.543. The third-order valence-corrected chi connectivity index (χ3v) is 2.55. The summed E-state index contributed by atoms with van der Waals surface area (Å²) in [6.45, 7) is 6.03. The van der Waals surface area contributed by atoms with Gasteiger partial charge < -0.3 is 10.6 Å². The molecule has 0 aliphatic carbocycles. The van der Waals surface area contributed by atoms with E-state index in [-0.39, 0.29) is 0 Å². The number of thiocarbonyl (C=S) groups is 1. The third-order valence-electron chi connectivity index (χ3n) is 1.29. The van der Waals surface area contributed by atoms with Gasteiger partial charge in [0.05, 0.1) is 0 Å². The highest BCUT2D eigenvalue weighted by Crippen LogP contribution is 2.01. The molecule has 2 nitrogen and oxygen atoms in total. The summed E-state index contributed by atoms with van der Waals surface area (Å²) >= 11 is 6.82. The molecule has 0 heterocycles. The molecule has 0 radical (unpaired) electrons. The summed E-state index contributed by atoms with van der Waals surface area (Å²) in [5.74, 6) is 0. The van der Waals surface area contributed by atoms with Gasteiger partial charge in [-0.1, -0.05) is 6.92 Å². The van der Waals surface area contributed by atoms with Crippen LogP contribution in [0.25, 0.3) is 0 Å². The van der Waals surface area contributed by atoms with E-state index in [4.69, 9.17) is 12.2 Å². The van der Waals surface area contributed by atoms with Gasteiger partial charge in [-0.2, -0.15) is 11.8 Å². The van der Waals surface area contributed by atoms with Crippen molar-refractivity contribution in [2.75, 3.05) is 19.3 Å². The molecule has 66 valence electrons. The molecule has 1 atom stereocenters. The van der Waals surface area contributed by atoms with Gasteiger partial charge in [0.15, 0.2) is 5.11 Å². The van der Waals surface area contributed by atoms with Crippen LogP contribution in [0.1, 0.15) is 13.8 Å². The number of thioether (sulfide) groups is 1. The maximum atomic E-state index is 4.99. The lowest BCUT2D eigenvalue weighted by Crippen LogP contribution is -2.37. The van der Waals surface area contributed by atoms with Crippen molar-refractivity contribution >= 4 is 29.1 Å². The van der Waals surface area contributed by atoms with Crippen LogP contribution >= 0.6 is 24.0 Å². The van der Waals surface area contributed by atoms with Gasteiger partial charge >= 0.3 is 0 Å². The Bertz CT molecular complexity index is 117. The van der Waals surface area contributed by atoms with E-state index in [1.165, 1.54) is 0 Å². The van der Waals surface area contributed by atoms with Crippen LogP contribution in [-0.2, 0) is 0 Å². The molecule has 0 spiro atoms. The Labute approximate surface area is 78.5 Å². The molecule has 11 heavy (non-hydrogen) atoms. The van der Waals surface area contributed by atoms with Crippen LogP contribution in [0.5, 0.6) is 0 Å². The van der Waals surface area contributed by atoms with E-state index in [1.807, 2.05) is 18.7 Å². The Balaban J connectivity index is 3.30. The van der Waals surface area contributed by atoms with Crippen LogP contribution in [0, 0.1) is 0 Å². The second-order valence-corrected chi connectivity index (χ2v) is 3.97. The van der Waals surface area contributed by atoms with Gasteiger partial charge in [0.1, 0.15) is 0 Å². The van der Waals surface area contributed by atoms with E-state index in [2.05, 4.69) is 23.8 Å². The highest BCUT2D eigenvalue weighted by atomic mass is 32.2. The van der Waals surface area contributed by atoms with Crippen LogP contribution in [0.3, 0.4) is 0 Å². The fourth-order valence-corrected chi connectivity index (χ4v) is 1.02. The second-order valence-electron chi connectivity index (χ2n) is 2.29. The molecule has 0 saturated carbocycles. The SMILES string of the molecule is CCNC(=S)NCC(C)SC. The summed E-state index contributed by atoms with van der Waals surface area (Å²) < 4.78 is 0. The predicted molar refractivity (Wildman–Crippen MR) is 57.3 cm³/mol. The summed E-state index contributed by atoms with van der Waals surface area (Å²) in [5, 5.41) is 7.54. The van der Waals surface area contributed by atoms with Gasteiger partial charge in [-0.25, -0.2) is 0 Å².